The number of nitrogens with two attached hydrogens (primary N) is 1. The zero-order valence-electron chi connectivity index (χ0n) is 23.7. The van der Waals surface area contributed by atoms with E-state index in [4.69, 9.17) is 5.73 Å². The summed E-state index contributed by atoms with van der Waals surface area (Å²) in [6.07, 6.45) is 4.55. The first kappa shape index (κ1) is 27.7. The molecule has 2 atom stereocenters. The van der Waals surface area contributed by atoms with Crippen LogP contribution in [0.5, 0.6) is 0 Å². The van der Waals surface area contributed by atoms with Crippen molar-refractivity contribution in [3.8, 4) is 0 Å². The maximum atomic E-state index is 14.0. The van der Waals surface area contributed by atoms with Crippen LogP contribution in [0.1, 0.15) is 41.1 Å². The number of aromatic nitrogens is 3. The number of hydrogen-bond acceptors (Lipinski definition) is 6. The van der Waals surface area contributed by atoms with Gasteiger partial charge in [-0.25, -0.2) is 4.98 Å². The van der Waals surface area contributed by atoms with Crippen molar-refractivity contribution in [3.63, 3.8) is 0 Å². The average molecular weight is 569 g/mol. The summed E-state index contributed by atoms with van der Waals surface area (Å²) in [5.41, 5.74) is 7.34. The van der Waals surface area contributed by atoms with Crippen LogP contribution in [0.15, 0.2) is 78.0 Å². The molecule has 0 saturated carbocycles. The lowest BCUT2D eigenvalue weighted by molar-refractivity contribution is -0.142. The Kier molecular flexibility index (Phi) is 7.32. The minimum absolute atomic E-state index is 0.0477. The number of carbonyl (C=O) groups is 2. The molecule has 2 aliphatic rings. The highest BCUT2D eigenvalue weighted by Crippen LogP contribution is 2.36. The molecule has 0 aliphatic carbocycles. The molecule has 2 saturated heterocycles. The first-order valence-corrected chi connectivity index (χ1v) is 14.4. The fourth-order valence-electron chi connectivity index (χ4n) is 6.47. The Labute approximate surface area is 244 Å². The molecule has 218 valence electrons. The van der Waals surface area contributed by atoms with Gasteiger partial charge in [-0.05, 0) is 49.1 Å². The second-order valence-corrected chi connectivity index (χ2v) is 11.7. The van der Waals surface area contributed by atoms with Crippen molar-refractivity contribution in [1.82, 2.24) is 23.9 Å². The summed E-state index contributed by atoms with van der Waals surface area (Å²) in [6, 6.07) is 18.6. The van der Waals surface area contributed by atoms with Gasteiger partial charge >= 0.3 is 0 Å². The van der Waals surface area contributed by atoms with E-state index in [0.717, 1.165) is 5.56 Å². The molecular weight excluding hydrogens is 532 g/mol. The topological polar surface area (TPSA) is 127 Å². The van der Waals surface area contributed by atoms with Crippen LogP contribution in [0, 0.1) is 5.92 Å². The number of nitrogen functional groups attached to an aromatic ring is 1. The predicted molar refractivity (Wildman–Crippen MR) is 160 cm³/mol. The molecule has 10 heteroatoms. The van der Waals surface area contributed by atoms with E-state index < -0.39 is 5.60 Å². The van der Waals surface area contributed by atoms with E-state index in [0.29, 0.717) is 67.7 Å². The second kappa shape index (κ2) is 11.1. The lowest BCUT2D eigenvalue weighted by atomic mass is 9.79. The van der Waals surface area contributed by atoms with Gasteiger partial charge in [0.2, 0.25) is 5.91 Å². The smallest absolute Gasteiger partial charge is 0.262 e. The lowest BCUT2D eigenvalue weighted by Crippen LogP contribution is -2.53. The minimum Gasteiger partial charge on any atom is -0.399 e. The Morgan fingerprint density at radius 3 is 2.52 bits per heavy atom. The van der Waals surface area contributed by atoms with Gasteiger partial charge in [0.15, 0.2) is 0 Å². The normalized spacial score (nSPS) is 20.5. The van der Waals surface area contributed by atoms with Crippen LogP contribution < -0.4 is 11.3 Å². The molecule has 2 aliphatic heterocycles. The molecule has 6 rings (SSSR count). The Hall–Kier alpha value is -4.44. The Bertz CT molecular complexity index is 1670. The van der Waals surface area contributed by atoms with Gasteiger partial charge in [-0.3, -0.25) is 19.0 Å². The van der Waals surface area contributed by atoms with E-state index in [1.54, 1.807) is 41.1 Å². The summed E-state index contributed by atoms with van der Waals surface area (Å²) in [5.74, 6) is -0.474. The first-order valence-electron chi connectivity index (χ1n) is 14.4. The Balaban J connectivity index is 1.15. The van der Waals surface area contributed by atoms with Gasteiger partial charge in [0, 0.05) is 62.5 Å². The number of anilines is 1. The number of benzene rings is 2. The molecule has 4 heterocycles. The van der Waals surface area contributed by atoms with E-state index in [1.807, 2.05) is 47.2 Å². The monoisotopic (exact) mass is 568 g/mol. The molecule has 3 N–H and O–H groups in total. The zero-order valence-corrected chi connectivity index (χ0v) is 23.7. The second-order valence-electron chi connectivity index (χ2n) is 11.7. The molecule has 0 bridgehead atoms. The van der Waals surface area contributed by atoms with Crippen molar-refractivity contribution in [3.05, 3.63) is 94.7 Å². The number of rotatable bonds is 5. The van der Waals surface area contributed by atoms with Crippen molar-refractivity contribution in [1.29, 1.82) is 0 Å². The summed E-state index contributed by atoms with van der Waals surface area (Å²) in [6.45, 7) is 1.83. The summed E-state index contributed by atoms with van der Waals surface area (Å²) in [5, 5.41) is 11.9. The van der Waals surface area contributed by atoms with Gasteiger partial charge in [-0.1, -0.05) is 36.4 Å². The summed E-state index contributed by atoms with van der Waals surface area (Å²) in [7, 11) is 1.84. The number of hydrogen-bond donors (Lipinski definition) is 2. The average Bonchev–Trinajstić information content (AvgIpc) is 3.39. The molecule has 10 nitrogen and oxygen atoms in total. The largest absolute Gasteiger partial charge is 0.399 e. The van der Waals surface area contributed by atoms with E-state index in [9.17, 15) is 19.5 Å². The molecule has 0 spiro atoms. The highest BCUT2D eigenvalue weighted by Gasteiger charge is 2.41. The number of fused-ring (bicyclic) bond motifs is 1. The van der Waals surface area contributed by atoms with Crippen LogP contribution in [0.2, 0.25) is 0 Å². The summed E-state index contributed by atoms with van der Waals surface area (Å²) >= 11 is 0. The van der Waals surface area contributed by atoms with Crippen LogP contribution in [-0.2, 0) is 18.4 Å². The van der Waals surface area contributed by atoms with E-state index in [2.05, 4.69) is 4.98 Å². The zero-order chi connectivity index (χ0) is 29.4. The van der Waals surface area contributed by atoms with Crippen molar-refractivity contribution in [2.75, 3.05) is 31.9 Å². The fourth-order valence-corrected chi connectivity index (χ4v) is 6.47. The number of piperidine rings is 2. The fraction of sp³-hybridized carbons (Fsp3) is 0.375. The Morgan fingerprint density at radius 2 is 1.79 bits per heavy atom. The van der Waals surface area contributed by atoms with Gasteiger partial charge in [-0.15, -0.1) is 0 Å². The first-order chi connectivity index (χ1) is 20.2. The Morgan fingerprint density at radius 1 is 1.02 bits per heavy atom. The quantitative estimate of drug-likeness (QED) is 0.357. The number of aryl methyl sites for hydroxylation is 1. The molecule has 2 aromatic carbocycles. The van der Waals surface area contributed by atoms with Crippen LogP contribution in [0.3, 0.4) is 0 Å². The SMILES string of the molecule is Cn1ccc2c(=O)n(CC3(O)CCN(C(=O)C4CCN(C(=O)c5cccc(N)c5)CC4c4ccccc4)CC3)cnc21. The number of amides is 2. The third-order valence-corrected chi connectivity index (χ3v) is 8.90. The maximum absolute atomic E-state index is 14.0. The molecule has 4 aromatic rings. The third-order valence-electron chi connectivity index (χ3n) is 8.90. The summed E-state index contributed by atoms with van der Waals surface area (Å²) < 4.78 is 3.26. The molecule has 42 heavy (non-hydrogen) atoms. The van der Waals surface area contributed by atoms with Gasteiger partial charge in [-0.2, -0.15) is 0 Å². The van der Waals surface area contributed by atoms with Crippen molar-refractivity contribution >= 4 is 28.5 Å². The summed E-state index contributed by atoms with van der Waals surface area (Å²) in [4.78, 5) is 48.3. The molecule has 0 radical (unpaired) electrons. The van der Waals surface area contributed by atoms with E-state index >= 15 is 0 Å². The van der Waals surface area contributed by atoms with E-state index in [-0.39, 0.29) is 35.8 Å². The van der Waals surface area contributed by atoms with Crippen molar-refractivity contribution in [2.24, 2.45) is 13.0 Å². The highest BCUT2D eigenvalue weighted by atomic mass is 16.3. The van der Waals surface area contributed by atoms with Crippen LogP contribution >= 0.6 is 0 Å². The number of aliphatic hydroxyl groups is 1. The number of likely N-dealkylation sites (tertiary alicyclic amines) is 2. The van der Waals surface area contributed by atoms with Crippen molar-refractivity contribution < 1.29 is 14.7 Å². The predicted octanol–water partition coefficient (Wildman–Crippen LogP) is 2.62. The van der Waals surface area contributed by atoms with Crippen LogP contribution in [0.4, 0.5) is 5.69 Å². The number of nitrogens with zero attached hydrogens (tertiary/aromatic N) is 5. The van der Waals surface area contributed by atoms with Crippen LogP contribution in [0.25, 0.3) is 11.0 Å². The molecule has 2 aromatic heterocycles. The van der Waals surface area contributed by atoms with Gasteiger partial charge in [0.05, 0.1) is 17.5 Å². The van der Waals surface area contributed by atoms with E-state index in [1.165, 1.54) is 10.9 Å². The maximum Gasteiger partial charge on any atom is 0.262 e. The van der Waals surface area contributed by atoms with Crippen LogP contribution in [-0.4, -0.2) is 72.6 Å². The standard InChI is InChI=1S/C32H36N6O4/c1-35-14-10-26-28(35)34-21-38(31(26)41)20-32(42)12-16-36(17-13-32)30(40)25-11-15-37(19-27(25)22-6-3-2-4-7-22)29(39)23-8-5-9-24(33)18-23/h2-10,14,18,21,25,27,42H,11-13,15-17,19-20,33H2,1H3. The molecule has 2 amide bonds. The lowest BCUT2D eigenvalue weighted by Gasteiger charge is -2.43. The third kappa shape index (κ3) is 5.30. The highest BCUT2D eigenvalue weighted by molar-refractivity contribution is 5.95. The van der Waals surface area contributed by atoms with Gasteiger partial charge in [0.1, 0.15) is 12.0 Å². The molecule has 2 unspecified atom stereocenters. The number of carbonyl (C=O) groups excluding carboxylic acids is 2. The minimum atomic E-state index is -1.11. The molecule has 2 fully saturated rings. The van der Waals surface area contributed by atoms with Gasteiger partial charge < -0.3 is 25.2 Å². The van der Waals surface area contributed by atoms with Gasteiger partial charge in [0.25, 0.3) is 11.5 Å². The molecular formula is C32H36N6O4. The van der Waals surface area contributed by atoms with Crippen molar-refractivity contribution in [2.45, 2.75) is 37.3 Å².